The second-order valence-electron chi connectivity index (χ2n) is 8.44. The zero-order valence-electron chi connectivity index (χ0n) is 21.1. The molecule has 0 atom stereocenters. The number of allylic oxidation sites excluding steroid dienone is 4. The first kappa shape index (κ1) is 26.3. The highest BCUT2D eigenvalue weighted by Gasteiger charge is 2.20. The molecule has 1 aromatic heterocycles. The van der Waals surface area contributed by atoms with Crippen LogP contribution in [0, 0.1) is 0 Å². The summed E-state index contributed by atoms with van der Waals surface area (Å²) in [6.45, 7) is 7.83. The molecule has 0 amide bonds. The van der Waals surface area contributed by atoms with Crippen molar-refractivity contribution in [3.05, 3.63) is 65.5 Å². The van der Waals surface area contributed by atoms with E-state index in [1.54, 1.807) is 25.3 Å². The Labute approximate surface area is 220 Å². The van der Waals surface area contributed by atoms with Crippen LogP contribution in [0.5, 0.6) is 11.5 Å². The summed E-state index contributed by atoms with van der Waals surface area (Å²) in [4.78, 5) is 35.7. The standard InChI is InChI=1S/C28H29ClN4O4/c1-4-33(5-2)11-6-12-37-27-16-24-22(15-26(27)36-3)28(31-17-30-24)32-23-9-7-18(29)13-20(23)21-14-19(34)8-10-25(21)35/h7-10,13-17H,4-6,11-12H2,1-3H3,(H,30,31,32). The number of fused-ring (bicyclic) bond motifs is 1. The largest absolute Gasteiger partial charge is 0.493 e. The predicted molar refractivity (Wildman–Crippen MR) is 146 cm³/mol. The van der Waals surface area contributed by atoms with Crippen LogP contribution < -0.4 is 14.8 Å². The SMILES string of the molecule is CCN(CC)CCCOc1cc2ncnc(Nc3ccc(Cl)cc3C3=CC(=O)C=CC3=O)c2cc1OC. The van der Waals surface area contributed by atoms with Crippen molar-refractivity contribution in [2.45, 2.75) is 20.3 Å². The van der Waals surface area contributed by atoms with Crippen molar-refractivity contribution in [2.24, 2.45) is 0 Å². The zero-order chi connectivity index (χ0) is 26.4. The maximum atomic E-state index is 12.5. The molecule has 0 saturated carbocycles. The minimum atomic E-state index is -0.276. The summed E-state index contributed by atoms with van der Waals surface area (Å²) < 4.78 is 11.6. The van der Waals surface area contributed by atoms with Crippen LogP contribution in [0.15, 0.2) is 54.9 Å². The molecule has 1 heterocycles. The Bertz CT molecular complexity index is 1380. The van der Waals surface area contributed by atoms with E-state index in [1.807, 2.05) is 12.1 Å². The van der Waals surface area contributed by atoms with Gasteiger partial charge in [0.1, 0.15) is 12.1 Å². The number of hydrogen-bond acceptors (Lipinski definition) is 8. The van der Waals surface area contributed by atoms with Crippen molar-refractivity contribution in [2.75, 3.05) is 38.7 Å². The maximum absolute atomic E-state index is 12.5. The van der Waals surface area contributed by atoms with Crippen LogP contribution in [0.25, 0.3) is 16.5 Å². The van der Waals surface area contributed by atoms with Gasteiger partial charge in [0.25, 0.3) is 0 Å². The molecule has 0 radical (unpaired) electrons. The van der Waals surface area contributed by atoms with Gasteiger partial charge in [-0.15, -0.1) is 0 Å². The van der Waals surface area contributed by atoms with Crippen LogP contribution in [-0.2, 0) is 9.59 Å². The summed E-state index contributed by atoms with van der Waals surface area (Å²) >= 11 is 6.23. The molecular formula is C28H29ClN4O4. The van der Waals surface area contributed by atoms with Gasteiger partial charge in [0.05, 0.1) is 19.2 Å². The minimum absolute atomic E-state index is 0.258. The maximum Gasteiger partial charge on any atom is 0.186 e. The molecule has 3 aromatic rings. The quantitative estimate of drug-likeness (QED) is 0.271. The molecule has 37 heavy (non-hydrogen) atoms. The van der Waals surface area contributed by atoms with Crippen LogP contribution in [0.2, 0.25) is 5.02 Å². The van der Waals surface area contributed by atoms with Crippen LogP contribution in [0.4, 0.5) is 11.5 Å². The first-order chi connectivity index (χ1) is 17.9. The van der Waals surface area contributed by atoms with E-state index < -0.39 is 0 Å². The normalized spacial score (nSPS) is 13.3. The Morgan fingerprint density at radius 2 is 1.84 bits per heavy atom. The molecule has 1 aliphatic carbocycles. The van der Waals surface area contributed by atoms with E-state index >= 15 is 0 Å². The van der Waals surface area contributed by atoms with Crippen molar-refractivity contribution < 1.29 is 19.1 Å². The summed E-state index contributed by atoms with van der Waals surface area (Å²) in [5, 5.41) is 4.43. The molecule has 1 N–H and O–H groups in total. The average molecular weight is 521 g/mol. The third-order valence-electron chi connectivity index (χ3n) is 6.17. The van der Waals surface area contributed by atoms with Crippen molar-refractivity contribution in [1.29, 1.82) is 0 Å². The second-order valence-corrected chi connectivity index (χ2v) is 8.88. The first-order valence-electron chi connectivity index (χ1n) is 12.2. The Kier molecular flexibility index (Phi) is 8.53. The van der Waals surface area contributed by atoms with Crippen LogP contribution in [-0.4, -0.2) is 59.8 Å². The number of anilines is 2. The molecule has 9 heteroatoms. The third-order valence-corrected chi connectivity index (χ3v) is 6.40. The average Bonchev–Trinajstić information content (AvgIpc) is 2.91. The van der Waals surface area contributed by atoms with Crippen LogP contribution in [0.3, 0.4) is 0 Å². The Balaban J connectivity index is 1.63. The number of carbonyl (C=O) groups excluding carboxylic acids is 2. The Morgan fingerprint density at radius 3 is 2.59 bits per heavy atom. The molecule has 2 aromatic carbocycles. The van der Waals surface area contributed by atoms with Crippen molar-refractivity contribution >= 4 is 51.1 Å². The lowest BCUT2D eigenvalue weighted by Gasteiger charge is -2.18. The fourth-order valence-corrected chi connectivity index (χ4v) is 4.31. The smallest absolute Gasteiger partial charge is 0.186 e. The number of hydrogen-bond donors (Lipinski definition) is 1. The molecule has 192 valence electrons. The second kappa shape index (κ2) is 12.0. The van der Waals surface area contributed by atoms with E-state index in [-0.39, 0.29) is 17.1 Å². The zero-order valence-corrected chi connectivity index (χ0v) is 21.8. The number of ether oxygens (including phenoxy) is 2. The van der Waals surface area contributed by atoms with Gasteiger partial charge < -0.3 is 19.7 Å². The number of halogens is 1. The molecule has 0 bridgehead atoms. The summed E-state index contributed by atoms with van der Waals surface area (Å²) in [5.41, 5.74) is 2.00. The Morgan fingerprint density at radius 1 is 1.03 bits per heavy atom. The molecule has 0 unspecified atom stereocenters. The van der Waals surface area contributed by atoms with E-state index in [0.29, 0.717) is 51.1 Å². The highest BCUT2D eigenvalue weighted by Crippen LogP contribution is 2.37. The van der Waals surface area contributed by atoms with Gasteiger partial charge in [0.15, 0.2) is 23.1 Å². The third kappa shape index (κ3) is 6.15. The topological polar surface area (TPSA) is 93.6 Å². The number of carbonyl (C=O) groups is 2. The summed E-state index contributed by atoms with van der Waals surface area (Å²) in [5.74, 6) is 1.13. The number of aromatic nitrogens is 2. The number of benzene rings is 2. The van der Waals surface area contributed by atoms with Crippen molar-refractivity contribution in [1.82, 2.24) is 14.9 Å². The van der Waals surface area contributed by atoms with Gasteiger partial charge in [0, 0.05) is 39.8 Å². The number of rotatable bonds is 11. The summed E-state index contributed by atoms with van der Waals surface area (Å²) in [7, 11) is 1.59. The lowest BCUT2D eigenvalue weighted by Crippen LogP contribution is -2.25. The summed E-state index contributed by atoms with van der Waals surface area (Å²) in [6, 6.07) is 8.75. The molecule has 0 spiro atoms. The fourth-order valence-electron chi connectivity index (χ4n) is 4.14. The van der Waals surface area contributed by atoms with Gasteiger partial charge in [-0.25, -0.2) is 9.97 Å². The lowest BCUT2D eigenvalue weighted by atomic mass is 9.95. The predicted octanol–water partition coefficient (Wildman–Crippen LogP) is 5.24. The lowest BCUT2D eigenvalue weighted by molar-refractivity contribution is -0.113. The molecule has 4 rings (SSSR count). The number of methoxy groups -OCH3 is 1. The van der Waals surface area contributed by atoms with Gasteiger partial charge in [-0.3, -0.25) is 9.59 Å². The molecular weight excluding hydrogens is 492 g/mol. The number of nitrogens with one attached hydrogen (secondary N) is 1. The van der Waals surface area contributed by atoms with E-state index in [2.05, 4.69) is 34.0 Å². The Hall–Kier alpha value is -3.75. The van der Waals surface area contributed by atoms with E-state index in [0.717, 1.165) is 26.1 Å². The molecule has 0 saturated heterocycles. The van der Waals surface area contributed by atoms with E-state index in [1.165, 1.54) is 24.6 Å². The number of nitrogens with zero attached hydrogens (tertiary/aromatic N) is 3. The highest BCUT2D eigenvalue weighted by molar-refractivity contribution is 6.36. The van der Waals surface area contributed by atoms with Crippen molar-refractivity contribution in [3.63, 3.8) is 0 Å². The van der Waals surface area contributed by atoms with Gasteiger partial charge in [-0.1, -0.05) is 25.4 Å². The van der Waals surface area contributed by atoms with Crippen LogP contribution >= 0.6 is 11.6 Å². The molecule has 0 fully saturated rings. The van der Waals surface area contributed by atoms with E-state index in [9.17, 15) is 9.59 Å². The van der Waals surface area contributed by atoms with Gasteiger partial charge in [-0.05, 0) is 62.0 Å². The first-order valence-corrected chi connectivity index (χ1v) is 12.5. The van der Waals surface area contributed by atoms with Crippen molar-refractivity contribution in [3.8, 4) is 11.5 Å². The number of ketones is 2. The molecule has 1 aliphatic rings. The van der Waals surface area contributed by atoms with E-state index in [4.69, 9.17) is 21.1 Å². The molecule has 8 nitrogen and oxygen atoms in total. The highest BCUT2D eigenvalue weighted by atomic mass is 35.5. The van der Waals surface area contributed by atoms with Gasteiger partial charge in [0.2, 0.25) is 0 Å². The van der Waals surface area contributed by atoms with Gasteiger partial charge >= 0.3 is 0 Å². The minimum Gasteiger partial charge on any atom is -0.493 e. The van der Waals surface area contributed by atoms with Gasteiger partial charge in [-0.2, -0.15) is 0 Å². The van der Waals surface area contributed by atoms with Crippen LogP contribution in [0.1, 0.15) is 25.8 Å². The monoisotopic (exact) mass is 520 g/mol. The molecule has 0 aliphatic heterocycles. The summed E-state index contributed by atoms with van der Waals surface area (Å²) in [6.07, 6.45) is 6.16. The fraction of sp³-hybridized carbons (Fsp3) is 0.286.